The average Bonchev–Trinajstić information content (AvgIpc) is 3.28. The zero-order valence-corrected chi connectivity index (χ0v) is 16.8. The summed E-state index contributed by atoms with van der Waals surface area (Å²) in [5.74, 6) is 0.914. The van der Waals surface area contributed by atoms with Crippen molar-refractivity contribution in [2.24, 2.45) is 0 Å². The Morgan fingerprint density at radius 2 is 2.00 bits per heavy atom. The summed E-state index contributed by atoms with van der Waals surface area (Å²) >= 11 is 6.02. The average molecular weight is 436 g/mol. The molecule has 10 nitrogen and oxygen atoms in total. The van der Waals surface area contributed by atoms with Crippen molar-refractivity contribution in [3.05, 3.63) is 76.0 Å². The van der Waals surface area contributed by atoms with Gasteiger partial charge in [0, 0.05) is 42.0 Å². The molecule has 0 spiro atoms. The van der Waals surface area contributed by atoms with Crippen LogP contribution in [-0.2, 0) is 6.42 Å². The highest BCUT2D eigenvalue weighted by atomic mass is 35.5. The van der Waals surface area contributed by atoms with Gasteiger partial charge in [0.2, 0.25) is 5.82 Å². The molecule has 11 heteroatoms. The van der Waals surface area contributed by atoms with Gasteiger partial charge in [-0.1, -0.05) is 23.7 Å². The van der Waals surface area contributed by atoms with Crippen LogP contribution in [-0.4, -0.2) is 36.4 Å². The topological polar surface area (TPSA) is 149 Å². The number of rotatable bonds is 7. The highest BCUT2D eigenvalue weighted by Crippen LogP contribution is 2.31. The van der Waals surface area contributed by atoms with Crippen molar-refractivity contribution < 1.29 is 4.92 Å². The number of nitrogens with one attached hydrogen (secondary N) is 2. The molecule has 0 fully saturated rings. The lowest BCUT2D eigenvalue weighted by atomic mass is 10.0. The molecule has 155 valence electrons. The van der Waals surface area contributed by atoms with Crippen LogP contribution in [0.2, 0.25) is 5.02 Å². The summed E-state index contributed by atoms with van der Waals surface area (Å²) in [7, 11) is 0. The maximum atomic E-state index is 10.9. The van der Waals surface area contributed by atoms with E-state index in [9.17, 15) is 10.1 Å². The van der Waals surface area contributed by atoms with Crippen LogP contribution in [0.25, 0.3) is 22.6 Å². The number of pyridine rings is 1. The second-order valence-electron chi connectivity index (χ2n) is 6.47. The molecule has 0 amide bonds. The smallest absolute Gasteiger partial charge is 0.311 e. The Labute approximate surface area is 181 Å². The number of nitrogens with zero attached hydrogens (tertiary/aromatic N) is 5. The summed E-state index contributed by atoms with van der Waals surface area (Å²) in [6, 6.07) is 10.1. The van der Waals surface area contributed by atoms with Gasteiger partial charge in [0.05, 0.1) is 21.9 Å². The molecular weight excluding hydrogens is 420 g/mol. The number of nitrogens with two attached hydrogens (primary N) is 1. The highest BCUT2D eigenvalue weighted by molar-refractivity contribution is 6.30. The van der Waals surface area contributed by atoms with E-state index in [2.05, 4.69) is 36.6 Å². The number of benzene rings is 1. The summed E-state index contributed by atoms with van der Waals surface area (Å²) in [4.78, 5) is 30.5. The van der Waals surface area contributed by atoms with Gasteiger partial charge in [0.1, 0.15) is 11.6 Å². The third-order valence-corrected chi connectivity index (χ3v) is 4.74. The van der Waals surface area contributed by atoms with Crippen molar-refractivity contribution in [2.45, 2.75) is 6.42 Å². The number of hydrogen-bond acceptors (Lipinski definition) is 8. The van der Waals surface area contributed by atoms with Crippen molar-refractivity contribution in [2.75, 3.05) is 17.6 Å². The third kappa shape index (κ3) is 4.43. The van der Waals surface area contributed by atoms with Gasteiger partial charge in [-0.2, -0.15) is 0 Å². The number of aromatic amines is 1. The number of H-pyrrole nitrogens is 1. The summed E-state index contributed by atoms with van der Waals surface area (Å²) < 4.78 is 0. The minimum Gasteiger partial charge on any atom is -0.378 e. The van der Waals surface area contributed by atoms with Crippen molar-refractivity contribution in [3.63, 3.8) is 0 Å². The molecule has 0 aliphatic rings. The summed E-state index contributed by atoms with van der Waals surface area (Å²) in [6.07, 6.45) is 6.59. The summed E-state index contributed by atoms with van der Waals surface area (Å²) in [6.45, 7) is 0.447. The van der Waals surface area contributed by atoms with Gasteiger partial charge in [0.15, 0.2) is 6.33 Å². The van der Waals surface area contributed by atoms with Crippen LogP contribution in [0.4, 0.5) is 17.3 Å². The Kier molecular flexibility index (Phi) is 5.72. The zero-order valence-electron chi connectivity index (χ0n) is 16.0. The monoisotopic (exact) mass is 435 g/mol. The fraction of sp³-hybridized carbons (Fsp3) is 0.100. The first-order valence-corrected chi connectivity index (χ1v) is 9.58. The normalized spacial score (nSPS) is 10.7. The largest absolute Gasteiger partial charge is 0.378 e. The van der Waals surface area contributed by atoms with Gasteiger partial charge in [-0.25, -0.2) is 19.9 Å². The first kappa shape index (κ1) is 20.2. The lowest BCUT2D eigenvalue weighted by Gasteiger charge is -2.12. The van der Waals surface area contributed by atoms with Crippen molar-refractivity contribution in [3.8, 4) is 22.6 Å². The quantitative estimate of drug-likeness (QED) is 0.295. The minimum absolute atomic E-state index is 0.147. The van der Waals surface area contributed by atoms with Crippen LogP contribution in [0.3, 0.4) is 0 Å². The molecule has 3 heterocycles. The first-order chi connectivity index (χ1) is 15.0. The van der Waals surface area contributed by atoms with Crippen LogP contribution < -0.4 is 11.1 Å². The Balaban J connectivity index is 1.60. The van der Waals surface area contributed by atoms with E-state index in [1.807, 2.05) is 12.1 Å². The minimum atomic E-state index is -0.573. The van der Waals surface area contributed by atoms with E-state index in [0.29, 0.717) is 35.3 Å². The predicted octanol–water partition coefficient (Wildman–Crippen LogP) is 3.53. The van der Waals surface area contributed by atoms with Gasteiger partial charge in [0.25, 0.3) is 0 Å². The molecule has 0 unspecified atom stereocenters. The Morgan fingerprint density at radius 3 is 2.68 bits per heavy atom. The number of nitrogen functional groups attached to an aromatic ring is 1. The lowest BCUT2D eigenvalue weighted by molar-refractivity contribution is -0.384. The van der Waals surface area contributed by atoms with E-state index in [1.165, 1.54) is 12.1 Å². The first-order valence-electron chi connectivity index (χ1n) is 9.20. The Hall–Kier alpha value is -4.05. The number of anilines is 2. The summed E-state index contributed by atoms with van der Waals surface area (Å²) in [5.41, 5.74) is 8.42. The molecule has 4 N–H and O–H groups in total. The van der Waals surface area contributed by atoms with E-state index in [-0.39, 0.29) is 11.5 Å². The van der Waals surface area contributed by atoms with Gasteiger partial charge in [-0.05, 0) is 18.2 Å². The van der Waals surface area contributed by atoms with E-state index in [4.69, 9.17) is 17.3 Å². The molecule has 4 rings (SSSR count). The van der Waals surface area contributed by atoms with E-state index in [1.54, 1.807) is 24.5 Å². The lowest BCUT2D eigenvalue weighted by Crippen LogP contribution is -2.11. The highest BCUT2D eigenvalue weighted by Gasteiger charge is 2.18. The van der Waals surface area contributed by atoms with Crippen molar-refractivity contribution in [1.29, 1.82) is 0 Å². The molecule has 0 bridgehead atoms. The molecule has 0 saturated carbocycles. The fourth-order valence-corrected chi connectivity index (χ4v) is 3.19. The molecule has 31 heavy (non-hydrogen) atoms. The third-order valence-electron chi connectivity index (χ3n) is 4.49. The number of imidazole rings is 1. The standard InChI is InChI=1S/C20H16ClN8O2/c21-13-3-1-12(2-4-13)18-17(20-24-9-10-25-20)14(26-11-27-18)7-8-23-16-6-5-15(29(30)31)19(22)28-16/h1-6,9-10H,7-8H2,(H,24,25)(H3,22,23,28). The van der Waals surface area contributed by atoms with E-state index in [0.717, 1.165) is 16.8 Å². The zero-order chi connectivity index (χ0) is 21.8. The maximum absolute atomic E-state index is 10.9. The Bertz CT molecular complexity index is 1210. The second kappa shape index (κ2) is 8.76. The van der Waals surface area contributed by atoms with E-state index >= 15 is 0 Å². The van der Waals surface area contributed by atoms with Crippen LogP contribution in [0.5, 0.6) is 0 Å². The molecule has 0 saturated heterocycles. The molecular formula is C20H16ClN8O2. The number of hydrogen-bond donors (Lipinski definition) is 3. The van der Waals surface area contributed by atoms with Crippen molar-refractivity contribution in [1.82, 2.24) is 24.9 Å². The second-order valence-corrected chi connectivity index (χ2v) is 6.91. The number of halogens is 1. The maximum Gasteiger partial charge on any atom is 0.311 e. The SMILES string of the molecule is Nc1nc(NCCc2n[c]nc(-c3ccc(Cl)cc3)c2-c2ncc[nH]2)ccc1[N+](=O)[O-]. The van der Waals surface area contributed by atoms with Crippen molar-refractivity contribution >= 4 is 28.9 Å². The van der Waals surface area contributed by atoms with Gasteiger partial charge in [-0.15, -0.1) is 0 Å². The van der Waals surface area contributed by atoms with Crippen LogP contribution >= 0.6 is 11.6 Å². The molecule has 1 aromatic carbocycles. The fourth-order valence-electron chi connectivity index (χ4n) is 3.06. The van der Waals surface area contributed by atoms with Crippen LogP contribution in [0.1, 0.15) is 5.69 Å². The molecule has 4 aromatic rings. The molecule has 0 aliphatic carbocycles. The Morgan fingerprint density at radius 1 is 1.19 bits per heavy atom. The van der Waals surface area contributed by atoms with Gasteiger partial charge >= 0.3 is 5.69 Å². The van der Waals surface area contributed by atoms with Crippen LogP contribution in [0, 0.1) is 16.4 Å². The van der Waals surface area contributed by atoms with Gasteiger partial charge in [-0.3, -0.25) is 10.1 Å². The van der Waals surface area contributed by atoms with Gasteiger partial charge < -0.3 is 16.0 Å². The van der Waals surface area contributed by atoms with E-state index < -0.39 is 4.92 Å². The molecule has 1 radical (unpaired) electrons. The summed E-state index contributed by atoms with van der Waals surface area (Å²) in [5, 5.41) is 14.6. The predicted molar refractivity (Wildman–Crippen MR) is 116 cm³/mol. The molecule has 0 atom stereocenters. The number of aromatic nitrogens is 5. The molecule has 3 aromatic heterocycles. The molecule has 0 aliphatic heterocycles. The number of nitro groups is 1. The van der Waals surface area contributed by atoms with Crippen LogP contribution in [0.15, 0.2) is 48.8 Å².